The van der Waals surface area contributed by atoms with Crippen LogP contribution in [0.15, 0.2) is 30.3 Å². The molecule has 1 rings (SSSR count). The van der Waals surface area contributed by atoms with E-state index in [9.17, 15) is 9.59 Å². The highest BCUT2D eigenvalue weighted by Crippen LogP contribution is 2.05. The summed E-state index contributed by atoms with van der Waals surface area (Å²) < 4.78 is 4.61. The molecular weight excluding hydrogens is 244 g/mol. The number of hydrogen-bond acceptors (Lipinski definition) is 3. The molecule has 104 valence electrons. The molecule has 0 aliphatic heterocycles. The first kappa shape index (κ1) is 15.0. The second kappa shape index (κ2) is 8.13. The minimum atomic E-state index is -0.428. The van der Waals surface area contributed by atoms with Gasteiger partial charge in [-0.25, -0.2) is 4.79 Å². The van der Waals surface area contributed by atoms with Gasteiger partial charge in [0.2, 0.25) is 0 Å². The van der Waals surface area contributed by atoms with Gasteiger partial charge in [0.05, 0.1) is 7.11 Å². The minimum absolute atomic E-state index is 0.0546. The smallest absolute Gasteiger partial charge is 0.325 e. The van der Waals surface area contributed by atoms with Crippen LogP contribution in [0.3, 0.4) is 0 Å². The van der Waals surface area contributed by atoms with Crippen LogP contribution in [0.4, 0.5) is 4.79 Å². The van der Waals surface area contributed by atoms with Gasteiger partial charge in [-0.1, -0.05) is 37.3 Å². The largest absolute Gasteiger partial charge is 0.468 e. The molecule has 19 heavy (non-hydrogen) atoms. The normalized spacial score (nSPS) is 9.79. The third-order valence-electron chi connectivity index (χ3n) is 2.58. The van der Waals surface area contributed by atoms with Crippen molar-refractivity contribution in [1.29, 1.82) is 0 Å². The number of ether oxygens (including phenoxy) is 1. The molecular formula is C14H20N2O3. The van der Waals surface area contributed by atoms with Gasteiger partial charge in [-0.15, -0.1) is 0 Å². The monoisotopic (exact) mass is 264 g/mol. The number of carbonyl (C=O) groups is 2. The van der Waals surface area contributed by atoms with Crippen molar-refractivity contribution >= 4 is 12.0 Å². The fourth-order valence-electron chi connectivity index (χ4n) is 1.57. The number of rotatable bonds is 6. The lowest BCUT2D eigenvalue weighted by Crippen LogP contribution is -2.42. The fourth-order valence-corrected chi connectivity index (χ4v) is 1.57. The van der Waals surface area contributed by atoms with Crippen molar-refractivity contribution in [3.63, 3.8) is 0 Å². The van der Waals surface area contributed by atoms with Crippen LogP contribution in [0.1, 0.15) is 18.9 Å². The van der Waals surface area contributed by atoms with Gasteiger partial charge in [0.15, 0.2) is 0 Å². The molecule has 0 atom stereocenters. The zero-order valence-electron chi connectivity index (χ0n) is 11.4. The first-order valence-electron chi connectivity index (χ1n) is 6.31. The summed E-state index contributed by atoms with van der Waals surface area (Å²) in [5.41, 5.74) is 0.970. The van der Waals surface area contributed by atoms with Crippen molar-refractivity contribution in [2.24, 2.45) is 0 Å². The second-order valence-electron chi connectivity index (χ2n) is 4.15. The van der Waals surface area contributed by atoms with Crippen LogP contribution in [0.25, 0.3) is 0 Å². The lowest BCUT2D eigenvalue weighted by atomic mass is 10.2. The fraction of sp³-hybridized carbons (Fsp3) is 0.429. The van der Waals surface area contributed by atoms with Gasteiger partial charge >= 0.3 is 12.0 Å². The lowest BCUT2D eigenvalue weighted by Gasteiger charge is -2.21. The number of nitrogens with zero attached hydrogens (tertiary/aromatic N) is 1. The summed E-state index contributed by atoms with van der Waals surface area (Å²) in [6.45, 7) is 2.89. The topological polar surface area (TPSA) is 58.6 Å². The number of amides is 2. The number of esters is 1. The maximum absolute atomic E-state index is 12.0. The molecule has 0 bridgehead atoms. The SMILES string of the molecule is CCCNC(=O)N(CC(=O)OC)Cc1ccccc1. The van der Waals surface area contributed by atoms with Gasteiger partial charge < -0.3 is 15.0 Å². The Morgan fingerprint density at radius 1 is 1.26 bits per heavy atom. The van der Waals surface area contributed by atoms with E-state index in [2.05, 4.69) is 10.1 Å². The molecule has 1 aromatic rings. The Kier molecular flexibility index (Phi) is 6.43. The molecule has 1 N–H and O–H groups in total. The zero-order chi connectivity index (χ0) is 14.1. The zero-order valence-corrected chi connectivity index (χ0v) is 11.4. The van der Waals surface area contributed by atoms with Crippen LogP contribution in [-0.2, 0) is 16.1 Å². The number of methoxy groups -OCH3 is 1. The van der Waals surface area contributed by atoms with E-state index < -0.39 is 5.97 Å². The number of carbonyl (C=O) groups excluding carboxylic acids is 2. The van der Waals surface area contributed by atoms with E-state index in [1.807, 2.05) is 37.3 Å². The Morgan fingerprint density at radius 2 is 1.95 bits per heavy atom. The van der Waals surface area contributed by atoms with Crippen LogP contribution in [0.5, 0.6) is 0 Å². The second-order valence-corrected chi connectivity index (χ2v) is 4.15. The van der Waals surface area contributed by atoms with E-state index in [1.165, 1.54) is 12.0 Å². The Labute approximate surface area is 113 Å². The molecule has 0 saturated carbocycles. The van der Waals surface area contributed by atoms with E-state index in [-0.39, 0.29) is 12.6 Å². The molecule has 0 aliphatic rings. The number of hydrogen-bond donors (Lipinski definition) is 1. The summed E-state index contributed by atoms with van der Waals surface area (Å²) in [6.07, 6.45) is 0.850. The summed E-state index contributed by atoms with van der Waals surface area (Å²) in [5.74, 6) is -0.428. The van der Waals surface area contributed by atoms with Crippen molar-refractivity contribution in [1.82, 2.24) is 10.2 Å². The lowest BCUT2D eigenvalue weighted by molar-refractivity contribution is -0.141. The number of nitrogens with one attached hydrogen (secondary N) is 1. The number of benzene rings is 1. The highest BCUT2D eigenvalue weighted by molar-refractivity contribution is 5.80. The first-order valence-corrected chi connectivity index (χ1v) is 6.31. The van der Waals surface area contributed by atoms with Gasteiger partial charge in [-0.2, -0.15) is 0 Å². The Balaban J connectivity index is 2.68. The summed E-state index contributed by atoms with van der Waals surface area (Å²) >= 11 is 0. The average molecular weight is 264 g/mol. The van der Waals surface area contributed by atoms with E-state index >= 15 is 0 Å². The average Bonchev–Trinajstić information content (AvgIpc) is 2.44. The van der Waals surface area contributed by atoms with Crippen molar-refractivity contribution in [3.05, 3.63) is 35.9 Å². The van der Waals surface area contributed by atoms with E-state index in [0.29, 0.717) is 13.1 Å². The molecule has 0 heterocycles. The van der Waals surface area contributed by atoms with E-state index in [0.717, 1.165) is 12.0 Å². The summed E-state index contributed by atoms with van der Waals surface area (Å²) in [6, 6.07) is 9.28. The van der Waals surface area contributed by atoms with Gasteiger partial charge in [-0.3, -0.25) is 4.79 Å². The molecule has 0 aromatic heterocycles. The Hall–Kier alpha value is -2.04. The van der Waals surface area contributed by atoms with Crippen LogP contribution >= 0.6 is 0 Å². The van der Waals surface area contributed by atoms with Crippen LogP contribution < -0.4 is 5.32 Å². The summed E-state index contributed by atoms with van der Waals surface area (Å²) in [4.78, 5) is 24.8. The van der Waals surface area contributed by atoms with Crippen molar-refractivity contribution < 1.29 is 14.3 Å². The van der Waals surface area contributed by atoms with Gasteiger partial charge in [0.1, 0.15) is 6.54 Å². The molecule has 0 spiro atoms. The molecule has 0 aliphatic carbocycles. The van der Waals surface area contributed by atoms with Crippen LogP contribution in [-0.4, -0.2) is 37.1 Å². The quantitative estimate of drug-likeness (QED) is 0.797. The van der Waals surface area contributed by atoms with Crippen molar-refractivity contribution in [2.75, 3.05) is 20.2 Å². The third-order valence-corrected chi connectivity index (χ3v) is 2.58. The summed E-state index contributed by atoms with van der Waals surface area (Å²) in [5, 5.41) is 2.76. The third kappa shape index (κ3) is 5.42. The molecule has 1 aromatic carbocycles. The maximum atomic E-state index is 12.0. The molecule has 0 saturated heterocycles. The molecule has 0 unspecified atom stereocenters. The number of urea groups is 1. The highest BCUT2D eigenvalue weighted by atomic mass is 16.5. The van der Waals surface area contributed by atoms with E-state index in [4.69, 9.17) is 0 Å². The van der Waals surface area contributed by atoms with Crippen molar-refractivity contribution in [2.45, 2.75) is 19.9 Å². The minimum Gasteiger partial charge on any atom is -0.468 e. The van der Waals surface area contributed by atoms with Crippen LogP contribution in [0.2, 0.25) is 0 Å². The molecule has 2 amide bonds. The Bertz CT molecular complexity index is 406. The maximum Gasteiger partial charge on any atom is 0.325 e. The first-order chi connectivity index (χ1) is 9.17. The van der Waals surface area contributed by atoms with E-state index in [1.54, 1.807) is 0 Å². The van der Waals surface area contributed by atoms with Gasteiger partial charge in [0.25, 0.3) is 0 Å². The molecule has 5 heteroatoms. The molecule has 0 radical (unpaired) electrons. The summed E-state index contributed by atoms with van der Waals surface area (Å²) in [7, 11) is 1.31. The molecule has 0 fully saturated rings. The van der Waals surface area contributed by atoms with Crippen molar-refractivity contribution in [3.8, 4) is 0 Å². The highest BCUT2D eigenvalue weighted by Gasteiger charge is 2.17. The predicted molar refractivity (Wildman–Crippen MR) is 72.6 cm³/mol. The standard InChI is InChI=1S/C14H20N2O3/c1-3-9-15-14(18)16(11-13(17)19-2)10-12-7-5-4-6-8-12/h4-8H,3,9-11H2,1-2H3,(H,15,18). The molecule has 5 nitrogen and oxygen atoms in total. The van der Waals surface area contributed by atoms with Crippen LogP contribution in [0, 0.1) is 0 Å². The predicted octanol–water partition coefficient (Wildman–Crippen LogP) is 1.78. The van der Waals surface area contributed by atoms with Gasteiger partial charge in [-0.05, 0) is 12.0 Å². The van der Waals surface area contributed by atoms with Gasteiger partial charge in [0, 0.05) is 13.1 Å². The Morgan fingerprint density at radius 3 is 2.53 bits per heavy atom.